The van der Waals surface area contributed by atoms with Gasteiger partial charge in [0.15, 0.2) is 5.78 Å². The Bertz CT molecular complexity index is 2120. The lowest BCUT2D eigenvalue weighted by molar-refractivity contribution is -0.157. The summed E-state index contributed by atoms with van der Waals surface area (Å²) in [6.45, 7) is 63.7. The molecule has 3 aliphatic heterocycles. The first-order valence-corrected chi connectivity index (χ1v) is 26.9. The maximum Gasteiger partial charge on any atom is 0.410 e. The van der Waals surface area contributed by atoms with Crippen molar-refractivity contribution in [3.63, 3.8) is 0 Å². The molecular formula is C60H107N7O13. The van der Waals surface area contributed by atoms with Crippen molar-refractivity contribution in [2.45, 2.75) is 219 Å². The predicted octanol–water partition coefficient (Wildman–Crippen LogP) is 11.4. The maximum atomic E-state index is 13.0. The molecule has 0 aromatic carbocycles. The topological polar surface area (TPSA) is 267 Å². The summed E-state index contributed by atoms with van der Waals surface area (Å²) in [6, 6.07) is 0. The summed E-state index contributed by atoms with van der Waals surface area (Å²) < 4.78 is 21.2. The lowest BCUT2D eigenvalue weighted by atomic mass is 9.65. The number of Topliss-reactive ketones (excluding diaryl/α,β-unsaturated/α-hetero) is 1. The van der Waals surface area contributed by atoms with Gasteiger partial charge in [-0.25, -0.2) is 21.0 Å². The zero-order valence-electron chi connectivity index (χ0n) is 53.8. The molecule has 5 atom stereocenters. The molecule has 460 valence electrons. The molecule has 3 aliphatic rings. The van der Waals surface area contributed by atoms with Crippen molar-refractivity contribution in [3.05, 3.63) is 49.4 Å². The highest BCUT2D eigenvalue weighted by Gasteiger charge is 2.59. The van der Waals surface area contributed by atoms with Crippen LogP contribution in [-0.4, -0.2) is 147 Å². The van der Waals surface area contributed by atoms with Crippen molar-refractivity contribution in [1.82, 2.24) is 31.5 Å². The van der Waals surface area contributed by atoms with E-state index in [-0.39, 0.29) is 89.5 Å². The summed E-state index contributed by atoms with van der Waals surface area (Å²) in [5, 5.41) is 13.6. The fourth-order valence-corrected chi connectivity index (χ4v) is 8.43. The molecule has 0 saturated carbocycles. The summed E-state index contributed by atoms with van der Waals surface area (Å²) in [5.74, 6) is -1.86. The summed E-state index contributed by atoms with van der Waals surface area (Å²) in [7, 11) is 0. The van der Waals surface area contributed by atoms with Crippen LogP contribution in [0.15, 0.2) is 38.0 Å². The number of aliphatic carboxylic acids is 1. The van der Waals surface area contributed by atoms with Crippen LogP contribution in [0.4, 0.5) is 14.4 Å². The van der Waals surface area contributed by atoms with Crippen LogP contribution in [0, 0.1) is 33.6 Å². The minimum Gasteiger partial charge on any atom is -0.481 e. The number of allylic oxidation sites excluding steroid dienone is 3. The molecule has 20 nitrogen and oxygen atoms in total. The number of amides is 5. The molecular weight excluding hydrogens is 1030 g/mol. The predicted molar refractivity (Wildman–Crippen MR) is 315 cm³/mol. The van der Waals surface area contributed by atoms with Crippen LogP contribution in [0.5, 0.6) is 0 Å². The number of ether oxygens (including phenoxy) is 4. The Kier molecular flexibility index (Phi) is 29.0. The summed E-state index contributed by atoms with van der Waals surface area (Å²) >= 11 is 0. The van der Waals surface area contributed by atoms with Gasteiger partial charge in [-0.15, -0.1) is 19.7 Å². The van der Waals surface area contributed by atoms with Gasteiger partial charge < -0.3 is 55.5 Å². The third-order valence-corrected chi connectivity index (χ3v) is 12.7. The third-order valence-electron chi connectivity index (χ3n) is 12.7. The molecule has 0 radical (unpaired) electrons. The normalized spacial score (nSPS) is 23.5. The molecule has 0 aliphatic carbocycles. The van der Waals surface area contributed by atoms with Crippen molar-refractivity contribution in [3.8, 4) is 0 Å². The average molecular weight is 1130 g/mol. The van der Waals surface area contributed by atoms with E-state index in [0.29, 0.717) is 39.0 Å². The van der Waals surface area contributed by atoms with Crippen LogP contribution in [0.3, 0.4) is 0 Å². The average Bonchev–Trinajstić information content (AvgIpc) is 3.82. The minimum atomic E-state index is -1.35. The standard InChI is InChI=1S/2C19H34N2O3.C15H23NO5.C5H9N.C2H4O2.H3N/c2*1-10-11-18(8)12-21(15(23)24-17(5,6)7)13-19(18,9)14(22)20-16(2,3)4;1-6-8-15(12(18)20-7-2)10-16(9-11(15)17)13(19)21-14(3,4)5;1-5(2,3)6-4;1-2(3)4;/h2*10H,1,11-13H2,2-9H3,(H,20,22);6H,1,7-10H2,2-5H3;1-3H3;1H3,(H,3,4);1H3/t18-,19-;;;;;/m0...../s1. The lowest BCUT2D eigenvalue weighted by Gasteiger charge is -2.39. The number of rotatable bonds is 10. The van der Waals surface area contributed by atoms with Gasteiger partial charge in [0, 0.05) is 82.3 Å². The molecule has 20 heteroatoms. The van der Waals surface area contributed by atoms with Crippen LogP contribution in [0.1, 0.15) is 185 Å². The van der Waals surface area contributed by atoms with E-state index in [9.17, 15) is 33.6 Å². The van der Waals surface area contributed by atoms with Crippen LogP contribution >= 0.6 is 0 Å². The number of hydrogen-bond donors (Lipinski definition) is 4. The number of carboxylic acid groups (broad SMARTS) is 1. The monoisotopic (exact) mass is 1130 g/mol. The van der Waals surface area contributed by atoms with Gasteiger partial charge in [0.1, 0.15) is 22.2 Å². The molecule has 0 aromatic heterocycles. The first-order valence-electron chi connectivity index (χ1n) is 26.9. The molecule has 0 spiro atoms. The van der Waals surface area contributed by atoms with E-state index in [4.69, 9.17) is 35.4 Å². The van der Waals surface area contributed by atoms with Crippen molar-refractivity contribution in [2.75, 3.05) is 45.9 Å². The Morgan fingerprint density at radius 3 is 1.11 bits per heavy atom. The molecule has 0 aromatic rings. The fraction of sp³-hybridized carbons (Fsp3) is 0.750. The lowest BCUT2D eigenvalue weighted by Crippen LogP contribution is -2.54. The van der Waals surface area contributed by atoms with Gasteiger partial charge in [-0.3, -0.25) is 28.9 Å². The molecule has 0 bridgehead atoms. The second kappa shape index (κ2) is 29.7. The van der Waals surface area contributed by atoms with Crippen LogP contribution in [0.2, 0.25) is 0 Å². The number of nitrogens with zero attached hydrogens (tertiary/aromatic N) is 4. The van der Waals surface area contributed by atoms with Crippen molar-refractivity contribution < 1.29 is 62.4 Å². The highest BCUT2D eigenvalue weighted by molar-refractivity contribution is 6.08. The Balaban J connectivity index is -0.00000102. The van der Waals surface area contributed by atoms with E-state index in [1.54, 1.807) is 37.5 Å². The fourth-order valence-electron chi connectivity index (χ4n) is 8.43. The third kappa shape index (κ3) is 25.2. The van der Waals surface area contributed by atoms with E-state index in [1.807, 2.05) is 144 Å². The summed E-state index contributed by atoms with van der Waals surface area (Å²) in [5.41, 5.74) is -6.12. The van der Waals surface area contributed by atoms with Gasteiger partial charge in [-0.1, -0.05) is 32.1 Å². The molecule has 3 fully saturated rings. The zero-order valence-corrected chi connectivity index (χ0v) is 53.8. The molecule has 80 heavy (non-hydrogen) atoms. The number of carbonyl (C=O) groups is 8. The Labute approximate surface area is 481 Å². The summed E-state index contributed by atoms with van der Waals surface area (Å²) in [4.78, 5) is 104. The molecule has 6 N–H and O–H groups in total. The summed E-state index contributed by atoms with van der Waals surface area (Å²) in [6.07, 6.45) is 5.24. The second-order valence-corrected chi connectivity index (χ2v) is 27.7. The highest BCUT2D eigenvalue weighted by atomic mass is 16.6. The van der Waals surface area contributed by atoms with E-state index >= 15 is 0 Å². The molecule has 3 heterocycles. The number of ketones is 1. The number of carbonyl (C=O) groups excluding carboxylic acids is 7. The number of hydrogen-bond acceptors (Lipinski definition) is 13. The quantitative estimate of drug-likeness (QED) is 0.0521. The Morgan fingerprint density at radius 2 is 0.875 bits per heavy atom. The number of likely N-dealkylation sites (tertiary alicyclic amines) is 3. The number of nitrogens with one attached hydrogen (secondary N) is 2. The number of esters is 1. The molecule has 5 amide bonds. The van der Waals surface area contributed by atoms with Crippen LogP contribution in [-0.2, 0) is 42.9 Å². The minimum absolute atomic E-state index is 0. The van der Waals surface area contributed by atoms with E-state index in [2.05, 4.69) is 35.2 Å². The van der Waals surface area contributed by atoms with Crippen molar-refractivity contribution in [2.24, 2.45) is 27.1 Å². The van der Waals surface area contributed by atoms with Gasteiger partial charge in [-0.05, 0) is 144 Å². The number of carboxylic acids is 1. The Hall–Kier alpha value is -5.97. The smallest absolute Gasteiger partial charge is 0.410 e. The van der Waals surface area contributed by atoms with E-state index in [0.717, 1.165) is 6.92 Å². The highest BCUT2D eigenvalue weighted by Crippen LogP contribution is 2.51. The maximum absolute atomic E-state index is 13.0. The SMILES string of the molecule is C=CCC1(C(=O)OCC)CN(C(=O)OC(C)(C)C)CC1=O.C=CCC1(C)CN(C(=O)OC(C)(C)C)CC1(C)C(=O)NC(C)(C)C.C=CC[C@@]1(C)CN(C(=O)OC(C)(C)C)C[C@@]1(C)C(=O)NC(C)(C)C.CC(=O)O.N.[C-]#[N+]C(C)(C)C. The van der Waals surface area contributed by atoms with Gasteiger partial charge in [0.25, 0.3) is 5.97 Å². The van der Waals surface area contributed by atoms with Crippen molar-refractivity contribution >= 4 is 47.8 Å². The first kappa shape index (κ1) is 78.3. The zero-order chi connectivity index (χ0) is 63.0. The largest absolute Gasteiger partial charge is 0.481 e. The van der Waals surface area contributed by atoms with Crippen molar-refractivity contribution in [1.29, 1.82) is 0 Å². The van der Waals surface area contributed by atoms with Crippen LogP contribution in [0.25, 0.3) is 4.85 Å². The van der Waals surface area contributed by atoms with Gasteiger partial charge in [0.2, 0.25) is 17.4 Å². The van der Waals surface area contributed by atoms with Gasteiger partial charge in [0.05, 0.1) is 24.0 Å². The van der Waals surface area contributed by atoms with Crippen LogP contribution < -0.4 is 16.8 Å². The molecule has 3 saturated heterocycles. The molecule has 3 unspecified atom stereocenters. The van der Waals surface area contributed by atoms with Gasteiger partial charge in [-0.2, -0.15) is 0 Å². The Morgan fingerprint density at radius 1 is 0.588 bits per heavy atom. The van der Waals surface area contributed by atoms with E-state index in [1.165, 1.54) is 11.0 Å². The van der Waals surface area contributed by atoms with Gasteiger partial charge >= 0.3 is 24.2 Å². The first-order chi connectivity index (χ1) is 35.2. The van der Waals surface area contributed by atoms with E-state index < -0.39 is 51.1 Å². The molecule has 3 rings (SSSR count). The second-order valence-electron chi connectivity index (χ2n) is 27.7.